The molecule has 0 aliphatic heterocycles. The van der Waals surface area contributed by atoms with Crippen molar-refractivity contribution in [3.05, 3.63) is 54.2 Å². The van der Waals surface area contributed by atoms with E-state index in [4.69, 9.17) is 4.42 Å². The summed E-state index contributed by atoms with van der Waals surface area (Å²) in [5, 5.41) is 2.86. The number of benzene rings is 1. The summed E-state index contributed by atoms with van der Waals surface area (Å²) in [7, 11) is 0. The SMILES string of the molecule is O=C(CSc1ccc(F)cc1)NCCSCc1ccco1. The fourth-order valence-corrected chi connectivity index (χ4v) is 3.05. The number of hydrogen-bond acceptors (Lipinski definition) is 4. The van der Waals surface area contributed by atoms with Gasteiger partial charge in [-0.15, -0.1) is 11.8 Å². The Labute approximate surface area is 131 Å². The first-order chi connectivity index (χ1) is 10.2. The van der Waals surface area contributed by atoms with Crippen molar-refractivity contribution in [1.29, 1.82) is 0 Å². The van der Waals surface area contributed by atoms with Crippen LogP contribution in [-0.2, 0) is 10.5 Å². The molecule has 1 N–H and O–H groups in total. The monoisotopic (exact) mass is 325 g/mol. The highest BCUT2D eigenvalue weighted by atomic mass is 32.2. The second-order valence-electron chi connectivity index (χ2n) is 4.22. The molecule has 3 nitrogen and oxygen atoms in total. The molecular weight excluding hydrogens is 309 g/mol. The van der Waals surface area contributed by atoms with E-state index >= 15 is 0 Å². The molecule has 0 saturated heterocycles. The quantitative estimate of drug-likeness (QED) is 0.595. The predicted octanol–water partition coefficient (Wildman–Crippen LogP) is 3.56. The van der Waals surface area contributed by atoms with Gasteiger partial charge in [-0.2, -0.15) is 11.8 Å². The van der Waals surface area contributed by atoms with Crippen LogP contribution in [0.4, 0.5) is 4.39 Å². The second-order valence-corrected chi connectivity index (χ2v) is 6.38. The van der Waals surface area contributed by atoms with Crippen LogP contribution in [0, 0.1) is 5.82 Å². The molecule has 21 heavy (non-hydrogen) atoms. The summed E-state index contributed by atoms with van der Waals surface area (Å²) < 4.78 is 17.9. The third-order valence-corrected chi connectivity index (χ3v) is 4.57. The average molecular weight is 325 g/mol. The molecule has 1 heterocycles. The lowest BCUT2D eigenvalue weighted by Crippen LogP contribution is -2.27. The summed E-state index contributed by atoms with van der Waals surface area (Å²) in [5.41, 5.74) is 0. The number of halogens is 1. The van der Waals surface area contributed by atoms with Crippen molar-refractivity contribution < 1.29 is 13.6 Å². The minimum absolute atomic E-state index is 0.0112. The zero-order valence-electron chi connectivity index (χ0n) is 11.4. The molecule has 2 rings (SSSR count). The highest BCUT2D eigenvalue weighted by molar-refractivity contribution is 8.00. The molecular formula is C15H16FNO2S2. The van der Waals surface area contributed by atoms with Gasteiger partial charge in [0.15, 0.2) is 0 Å². The standard InChI is InChI=1S/C15H16FNO2S2/c16-12-3-5-14(6-4-12)21-11-15(18)17-7-9-20-10-13-2-1-8-19-13/h1-6,8H,7,9-11H2,(H,17,18). The summed E-state index contributed by atoms with van der Waals surface area (Å²) >= 11 is 3.11. The molecule has 0 atom stereocenters. The van der Waals surface area contributed by atoms with Gasteiger partial charge in [-0.3, -0.25) is 4.79 Å². The Morgan fingerprint density at radius 2 is 2.05 bits per heavy atom. The molecule has 112 valence electrons. The van der Waals surface area contributed by atoms with Crippen LogP contribution in [0.15, 0.2) is 52.0 Å². The van der Waals surface area contributed by atoms with Crippen LogP contribution in [0.2, 0.25) is 0 Å². The van der Waals surface area contributed by atoms with Crippen LogP contribution in [0.1, 0.15) is 5.76 Å². The number of rotatable bonds is 8. The topological polar surface area (TPSA) is 42.2 Å². The van der Waals surface area contributed by atoms with E-state index in [9.17, 15) is 9.18 Å². The van der Waals surface area contributed by atoms with E-state index in [1.165, 1.54) is 23.9 Å². The van der Waals surface area contributed by atoms with Crippen LogP contribution in [0.5, 0.6) is 0 Å². The first-order valence-electron chi connectivity index (χ1n) is 6.49. The Kier molecular flexibility index (Phi) is 6.69. The van der Waals surface area contributed by atoms with E-state index in [2.05, 4.69) is 5.32 Å². The number of carbonyl (C=O) groups excluding carboxylic acids is 1. The lowest BCUT2D eigenvalue weighted by Gasteiger charge is -2.05. The van der Waals surface area contributed by atoms with Crippen molar-refractivity contribution >= 4 is 29.4 Å². The number of hydrogen-bond donors (Lipinski definition) is 1. The fraction of sp³-hybridized carbons (Fsp3) is 0.267. The molecule has 6 heteroatoms. The molecule has 0 aliphatic carbocycles. The minimum atomic E-state index is -0.266. The maximum Gasteiger partial charge on any atom is 0.230 e. The van der Waals surface area contributed by atoms with Gasteiger partial charge in [0.05, 0.1) is 17.8 Å². The van der Waals surface area contributed by atoms with Gasteiger partial charge >= 0.3 is 0 Å². The molecule has 2 aromatic rings. The van der Waals surface area contributed by atoms with Crippen LogP contribution >= 0.6 is 23.5 Å². The summed E-state index contributed by atoms with van der Waals surface area (Å²) in [6, 6.07) is 9.94. The van der Waals surface area contributed by atoms with Gasteiger partial charge < -0.3 is 9.73 Å². The lowest BCUT2D eigenvalue weighted by molar-refractivity contribution is -0.118. The van der Waals surface area contributed by atoms with Crippen molar-refractivity contribution in [2.75, 3.05) is 18.1 Å². The first kappa shape index (κ1) is 16.0. The number of carbonyl (C=O) groups is 1. The van der Waals surface area contributed by atoms with E-state index in [-0.39, 0.29) is 11.7 Å². The predicted molar refractivity (Wildman–Crippen MR) is 85.0 cm³/mol. The molecule has 0 fully saturated rings. The van der Waals surface area contributed by atoms with Gasteiger partial charge in [0, 0.05) is 17.2 Å². The largest absolute Gasteiger partial charge is 0.468 e. The lowest BCUT2D eigenvalue weighted by atomic mass is 10.4. The summed E-state index contributed by atoms with van der Waals surface area (Å²) in [6.45, 7) is 0.633. The number of nitrogens with one attached hydrogen (secondary N) is 1. The molecule has 1 aromatic carbocycles. The Morgan fingerprint density at radius 1 is 1.24 bits per heavy atom. The zero-order valence-corrected chi connectivity index (χ0v) is 13.0. The highest BCUT2D eigenvalue weighted by Gasteiger charge is 2.03. The molecule has 1 aromatic heterocycles. The summed E-state index contributed by atoms with van der Waals surface area (Å²) in [6.07, 6.45) is 1.66. The Morgan fingerprint density at radius 3 is 2.76 bits per heavy atom. The minimum Gasteiger partial charge on any atom is -0.468 e. The number of thioether (sulfide) groups is 2. The molecule has 1 amide bonds. The van der Waals surface area contributed by atoms with E-state index < -0.39 is 0 Å². The Balaban J connectivity index is 1.54. The van der Waals surface area contributed by atoms with Crippen LogP contribution in [0.3, 0.4) is 0 Å². The molecule has 0 saturated carbocycles. The maximum absolute atomic E-state index is 12.7. The molecule has 0 unspecified atom stereocenters. The van der Waals surface area contributed by atoms with E-state index in [0.717, 1.165) is 22.2 Å². The Bertz CT molecular complexity index is 543. The average Bonchev–Trinajstić information content (AvgIpc) is 2.99. The van der Waals surface area contributed by atoms with Gasteiger partial charge in [0.25, 0.3) is 0 Å². The Hall–Kier alpha value is -1.40. The summed E-state index contributed by atoms with van der Waals surface area (Å²) in [4.78, 5) is 12.5. The van der Waals surface area contributed by atoms with Gasteiger partial charge in [-0.05, 0) is 36.4 Å². The molecule has 0 radical (unpaired) electrons. The van der Waals surface area contributed by atoms with Crippen molar-refractivity contribution in [1.82, 2.24) is 5.32 Å². The molecule has 0 bridgehead atoms. The third-order valence-electron chi connectivity index (χ3n) is 2.58. The zero-order chi connectivity index (χ0) is 14.9. The van der Waals surface area contributed by atoms with E-state index in [0.29, 0.717) is 12.3 Å². The van der Waals surface area contributed by atoms with Crippen molar-refractivity contribution in [3.63, 3.8) is 0 Å². The normalized spacial score (nSPS) is 10.5. The van der Waals surface area contributed by atoms with Gasteiger partial charge in [-0.25, -0.2) is 4.39 Å². The van der Waals surface area contributed by atoms with Crippen molar-refractivity contribution in [2.45, 2.75) is 10.6 Å². The number of furan rings is 1. The smallest absolute Gasteiger partial charge is 0.230 e. The van der Waals surface area contributed by atoms with Gasteiger partial charge in [0.1, 0.15) is 11.6 Å². The maximum atomic E-state index is 12.7. The van der Waals surface area contributed by atoms with Crippen LogP contribution in [0.25, 0.3) is 0 Å². The molecule has 0 aliphatic rings. The van der Waals surface area contributed by atoms with Crippen LogP contribution in [-0.4, -0.2) is 24.0 Å². The number of amides is 1. The van der Waals surface area contributed by atoms with E-state index in [1.54, 1.807) is 30.2 Å². The van der Waals surface area contributed by atoms with Gasteiger partial charge in [0.2, 0.25) is 5.91 Å². The van der Waals surface area contributed by atoms with Gasteiger partial charge in [-0.1, -0.05) is 0 Å². The van der Waals surface area contributed by atoms with E-state index in [1.807, 2.05) is 12.1 Å². The fourth-order valence-electron chi connectivity index (χ4n) is 1.56. The third kappa shape index (κ3) is 6.27. The van der Waals surface area contributed by atoms with Crippen molar-refractivity contribution in [2.24, 2.45) is 0 Å². The first-order valence-corrected chi connectivity index (χ1v) is 8.63. The van der Waals surface area contributed by atoms with Crippen LogP contribution < -0.4 is 5.32 Å². The molecule has 0 spiro atoms. The summed E-state index contributed by atoms with van der Waals surface area (Å²) in [5.74, 6) is 2.66. The second kappa shape index (κ2) is 8.79. The highest BCUT2D eigenvalue weighted by Crippen LogP contribution is 2.17. The van der Waals surface area contributed by atoms with Crippen molar-refractivity contribution in [3.8, 4) is 0 Å².